The van der Waals surface area contributed by atoms with Crippen molar-refractivity contribution in [3.05, 3.63) is 54.1 Å². The molecule has 1 saturated heterocycles. The van der Waals surface area contributed by atoms with Crippen LogP contribution in [0.4, 0.5) is 17.1 Å². The Bertz CT molecular complexity index is 925. The van der Waals surface area contributed by atoms with Crippen LogP contribution < -0.4 is 15.5 Å². The lowest BCUT2D eigenvalue weighted by Gasteiger charge is -2.27. The number of para-hydroxylation sites is 1. The average Bonchev–Trinajstić information content (AvgIpc) is 3.10. The predicted octanol–water partition coefficient (Wildman–Crippen LogP) is 2.74. The first-order chi connectivity index (χ1) is 15.0. The lowest BCUT2D eigenvalue weighted by Crippen LogP contribution is -2.44. The highest BCUT2D eigenvalue weighted by molar-refractivity contribution is 6.00. The van der Waals surface area contributed by atoms with Crippen LogP contribution >= 0.6 is 0 Å². The molecule has 1 fully saturated rings. The Balaban J connectivity index is 1.32. The molecule has 4 rings (SSSR count). The molecule has 0 aromatic heterocycles. The summed E-state index contributed by atoms with van der Waals surface area (Å²) in [6.07, 6.45) is 0.882. The first kappa shape index (κ1) is 21.3. The summed E-state index contributed by atoms with van der Waals surface area (Å²) in [6.45, 7) is 7.24. The number of nitrogens with one attached hydrogen (secondary N) is 2. The molecule has 0 saturated carbocycles. The maximum Gasteiger partial charge on any atom is 0.249 e. The minimum atomic E-state index is -0.365. The second-order valence-corrected chi connectivity index (χ2v) is 8.27. The lowest BCUT2D eigenvalue weighted by molar-refractivity contribution is -0.119. The van der Waals surface area contributed by atoms with Crippen LogP contribution in [0.25, 0.3) is 0 Å². The molecular weight excluding hydrogens is 392 g/mol. The summed E-state index contributed by atoms with van der Waals surface area (Å²) in [7, 11) is 0. The molecule has 7 heteroatoms. The van der Waals surface area contributed by atoms with Gasteiger partial charge in [-0.25, -0.2) is 0 Å². The molecule has 2 amide bonds. The van der Waals surface area contributed by atoms with Crippen molar-refractivity contribution in [1.82, 2.24) is 4.90 Å². The molecule has 31 heavy (non-hydrogen) atoms. The molecule has 0 aliphatic carbocycles. The molecule has 0 spiro atoms. The number of amides is 2. The van der Waals surface area contributed by atoms with E-state index in [-0.39, 0.29) is 23.9 Å². The van der Waals surface area contributed by atoms with Gasteiger partial charge in [0.05, 0.1) is 19.8 Å². The molecule has 2 heterocycles. The standard InChI is InChI=1S/C24H30N4O3/c1-17-15-19-5-3-4-6-22(19)28(17)24(30)18(2)25-20-7-9-21(10-8-20)26-23(29)16-27-11-13-31-14-12-27/h3-10,17-18,25H,11-16H2,1-2H3,(H,26,29). The van der Waals surface area contributed by atoms with Crippen LogP contribution in [0.1, 0.15) is 19.4 Å². The lowest BCUT2D eigenvalue weighted by atomic mass is 10.1. The van der Waals surface area contributed by atoms with E-state index in [0.717, 1.165) is 36.6 Å². The van der Waals surface area contributed by atoms with Crippen molar-refractivity contribution in [3.8, 4) is 0 Å². The third-order valence-electron chi connectivity index (χ3n) is 5.84. The Morgan fingerprint density at radius 3 is 2.48 bits per heavy atom. The van der Waals surface area contributed by atoms with E-state index in [9.17, 15) is 9.59 Å². The van der Waals surface area contributed by atoms with Crippen molar-refractivity contribution in [1.29, 1.82) is 0 Å². The minimum absolute atomic E-state index is 0.0344. The number of morpholine rings is 1. The maximum atomic E-state index is 13.1. The highest BCUT2D eigenvalue weighted by Crippen LogP contribution is 2.32. The van der Waals surface area contributed by atoms with Gasteiger partial charge in [-0.2, -0.15) is 0 Å². The first-order valence-corrected chi connectivity index (χ1v) is 10.9. The number of carbonyl (C=O) groups excluding carboxylic acids is 2. The van der Waals surface area contributed by atoms with Crippen LogP contribution in [-0.4, -0.2) is 61.6 Å². The Morgan fingerprint density at radius 1 is 1.06 bits per heavy atom. The van der Waals surface area contributed by atoms with E-state index in [1.807, 2.05) is 54.3 Å². The summed E-state index contributed by atoms with van der Waals surface area (Å²) in [5.74, 6) is 0.0215. The number of nitrogens with zero attached hydrogens (tertiary/aromatic N) is 2. The van der Waals surface area contributed by atoms with E-state index in [1.54, 1.807) is 0 Å². The number of anilines is 3. The molecule has 2 aromatic carbocycles. The van der Waals surface area contributed by atoms with Crippen molar-refractivity contribution in [2.24, 2.45) is 0 Å². The Labute approximate surface area is 183 Å². The van der Waals surface area contributed by atoms with Gasteiger partial charge in [-0.1, -0.05) is 18.2 Å². The number of rotatable bonds is 6. The summed E-state index contributed by atoms with van der Waals surface area (Å²) >= 11 is 0. The summed E-state index contributed by atoms with van der Waals surface area (Å²) in [4.78, 5) is 29.3. The molecule has 2 aromatic rings. The molecule has 164 valence electrons. The van der Waals surface area contributed by atoms with Gasteiger partial charge in [0.1, 0.15) is 6.04 Å². The van der Waals surface area contributed by atoms with Crippen LogP contribution in [0.2, 0.25) is 0 Å². The van der Waals surface area contributed by atoms with Crippen molar-refractivity contribution in [2.75, 3.05) is 48.4 Å². The third kappa shape index (κ3) is 5.06. The summed E-state index contributed by atoms with van der Waals surface area (Å²) in [5, 5.41) is 6.22. The van der Waals surface area contributed by atoms with E-state index in [2.05, 4.69) is 28.5 Å². The second kappa shape index (κ2) is 9.49. The van der Waals surface area contributed by atoms with Gasteiger partial charge in [0, 0.05) is 36.2 Å². The summed E-state index contributed by atoms with van der Waals surface area (Å²) in [6, 6.07) is 15.3. The van der Waals surface area contributed by atoms with Gasteiger partial charge >= 0.3 is 0 Å². The van der Waals surface area contributed by atoms with Gasteiger partial charge in [0.15, 0.2) is 0 Å². The zero-order valence-corrected chi connectivity index (χ0v) is 18.1. The summed E-state index contributed by atoms with van der Waals surface area (Å²) < 4.78 is 5.31. The number of ether oxygens (including phenoxy) is 1. The average molecular weight is 423 g/mol. The molecule has 0 radical (unpaired) electrons. The molecule has 2 N–H and O–H groups in total. The molecule has 2 atom stereocenters. The normalized spacial score (nSPS) is 19.5. The van der Waals surface area contributed by atoms with Crippen LogP contribution in [0.5, 0.6) is 0 Å². The number of hydrogen-bond acceptors (Lipinski definition) is 5. The smallest absolute Gasteiger partial charge is 0.249 e. The Morgan fingerprint density at radius 2 is 1.74 bits per heavy atom. The molecule has 2 aliphatic rings. The molecular formula is C24H30N4O3. The molecule has 0 bridgehead atoms. The maximum absolute atomic E-state index is 13.1. The molecule has 2 unspecified atom stereocenters. The fourth-order valence-electron chi connectivity index (χ4n) is 4.23. The number of carbonyl (C=O) groups is 2. The molecule has 2 aliphatic heterocycles. The SMILES string of the molecule is CC(Nc1ccc(NC(=O)CN2CCOCC2)cc1)C(=O)N1c2ccccc2CC1C. The fraction of sp³-hybridized carbons (Fsp3) is 0.417. The van der Waals surface area contributed by atoms with Crippen LogP contribution in [0.15, 0.2) is 48.5 Å². The zero-order valence-electron chi connectivity index (χ0n) is 18.1. The number of fused-ring (bicyclic) bond motifs is 1. The van der Waals surface area contributed by atoms with Crippen molar-refractivity contribution >= 4 is 28.9 Å². The van der Waals surface area contributed by atoms with E-state index >= 15 is 0 Å². The van der Waals surface area contributed by atoms with Gasteiger partial charge in [-0.3, -0.25) is 14.5 Å². The predicted molar refractivity (Wildman–Crippen MR) is 123 cm³/mol. The Kier molecular flexibility index (Phi) is 6.53. The monoisotopic (exact) mass is 422 g/mol. The van der Waals surface area contributed by atoms with E-state index in [1.165, 1.54) is 5.56 Å². The van der Waals surface area contributed by atoms with E-state index in [4.69, 9.17) is 4.74 Å². The Hall–Kier alpha value is -2.90. The topological polar surface area (TPSA) is 73.9 Å². The van der Waals surface area contributed by atoms with E-state index in [0.29, 0.717) is 19.8 Å². The minimum Gasteiger partial charge on any atom is -0.379 e. The summed E-state index contributed by atoms with van der Waals surface area (Å²) in [5.41, 5.74) is 3.80. The second-order valence-electron chi connectivity index (χ2n) is 8.27. The zero-order chi connectivity index (χ0) is 21.8. The highest BCUT2D eigenvalue weighted by Gasteiger charge is 2.32. The molecule has 7 nitrogen and oxygen atoms in total. The number of benzene rings is 2. The van der Waals surface area contributed by atoms with Gasteiger partial charge in [0.2, 0.25) is 11.8 Å². The van der Waals surface area contributed by atoms with Gasteiger partial charge in [-0.15, -0.1) is 0 Å². The first-order valence-electron chi connectivity index (χ1n) is 10.9. The largest absolute Gasteiger partial charge is 0.379 e. The van der Waals surface area contributed by atoms with Crippen LogP contribution in [0, 0.1) is 0 Å². The van der Waals surface area contributed by atoms with Crippen molar-refractivity contribution < 1.29 is 14.3 Å². The quantitative estimate of drug-likeness (QED) is 0.749. The van der Waals surface area contributed by atoms with Crippen molar-refractivity contribution in [2.45, 2.75) is 32.4 Å². The highest BCUT2D eigenvalue weighted by atomic mass is 16.5. The van der Waals surface area contributed by atoms with Gasteiger partial charge < -0.3 is 20.3 Å². The fourth-order valence-corrected chi connectivity index (χ4v) is 4.23. The van der Waals surface area contributed by atoms with E-state index < -0.39 is 0 Å². The van der Waals surface area contributed by atoms with Gasteiger partial charge in [0.25, 0.3) is 0 Å². The third-order valence-corrected chi connectivity index (χ3v) is 5.84. The van der Waals surface area contributed by atoms with Crippen LogP contribution in [-0.2, 0) is 20.7 Å². The van der Waals surface area contributed by atoms with Gasteiger partial charge in [-0.05, 0) is 56.2 Å². The van der Waals surface area contributed by atoms with Crippen LogP contribution in [0.3, 0.4) is 0 Å². The number of hydrogen-bond donors (Lipinski definition) is 2. The van der Waals surface area contributed by atoms with Crippen molar-refractivity contribution in [3.63, 3.8) is 0 Å².